The van der Waals surface area contributed by atoms with Gasteiger partial charge in [-0.25, -0.2) is 4.98 Å². The lowest BCUT2D eigenvalue weighted by Crippen LogP contribution is -2.07. The summed E-state index contributed by atoms with van der Waals surface area (Å²) in [5.74, 6) is 2.03. The molecule has 0 aliphatic carbocycles. The summed E-state index contributed by atoms with van der Waals surface area (Å²) in [5.41, 5.74) is 3.79. The second-order valence-corrected chi connectivity index (χ2v) is 6.08. The van der Waals surface area contributed by atoms with Gasteiger partial charge in [0.1, 0.15) is 5.82 Å². The van der Waals surface area contributed by atoms with Crippen LogP contribution in [0.1, 0.15) is 64.0 Å². The Morgan fingerprint density at radius 3 is 2.35 bits per heavy atom. The van der Waals surface area contributed by atoms with Crippen LogP contribution in [0.15, 0.2) is 24.3 Å². The molecule has 2 rings (SSSR count). The average Bonchev–Trinajstić information content (AvgIpc) is 2.43. The summed E-state index contributed by atoms with van der Waals surface area (Å²) in [6.45, 7) is 12.1. The number of hydrogen-bond acceptors (Lipinski definition) is 2. The van der Waals surface area contributed by atoms with Crippen LogP contribution in [-0.2, 0) is 0 Å². The number of rotatable bonds is 5. The van der Waals surface area contributed by atoms with Gasteiger partial charge in [0.25, 0.3) is 0 Å². The van der Waals surface area contributed by atoms with E-state index in [9.17, 15) is 0 Å². The molecule has 0 fully saturated rings. The molecule has 0 bridgehead atoms. The van der Waals surface area contributed by atoms with Gasteiger partial charge < -0.3 is 5.32 Å². The summed E-state index contributed by atoms with van der Waals surface area (Å²) < 4.78 is 0. The second kappa shape index (κ2) is 6.25. The third-order valence-electron chi connectivity index (χ3n) is 3.69. The molecule has 20 heavy (non-hydrogen) atoms. The highest BCUT2D eigenvalue weighted by Crippen LogP contribution is 2.30. The Kier molecular flexibility index (Phi) is 4.64. The van der Waals surface area contributed by atoms with Gasteiger partial charge in [0.05, 0.1) is 5.52 Å². The van der Waals surface area contributed by atoms with E-state index in [0.29, 0.717) is 11.8 Å². The molecule has 1 aromatic heterocycles. The van der Waals surface area contributed by atoms with Crippen LogP contribution in [0.5, 0.6) is 0 Å². The Morgan fingerprint density at radius 2 is 1.75 bits per heavy atom. The Labute approximate surface area is 122 Å². The van der Waals surface area contributed by atoms with Crippen molar-refractivity contribution in [3.8, 4) is 0 Å². The minimum Gasteiger partial charge on any atom is -0.370 e. The predicted octanol–water partition coefficient (Wildman–Crippen LogP) is 5.30. The first-order valence-electron chi connectivity index (χ1n) is 7.72. The van der Waals surface area contributed by atoms with Crippen LogP contribution in [0, 0.1) is 0 Å². The van der Waals surface area contributed by atoms with Crippen molar-refractivity contribution in [2.45, 2.75) is 52.9 Å². The van der Waals surface area contributed by atoms with E-state index in [-0.39, 0.29) is 0 Å². The summed E-state index contributed by atoms with van der Waals surface area (Å²) in [6.07, 6.45) is 1.11. The van der Waals surface area contributed by atoms with Crippen molar-refractivity contribution in [2.75, 3.05) is 11.9 Å². The minimum atomic E-state index is 0.481. The molecule has 0 spiro atoms. The largest absolute Gasteiger partial charge is 0.370 e. The van der Waals surface area contributed by atoms with Crippen LogP contribution >= 0.6 is 0 Å². The molecule has 0 amide bonds. The van der Waals surface area contributed by atoms with Gasteiger partial charge in [-0.2, -0.15) is 0 Å². The fourth-order valence-electron chi connectivity index (χ4n) is 2.53. The maximum Gasteiger partial charge on any atom is 0.130 e. The highest BCUT2D eigenvalue weighted by molar-refractivity contribution is 5.85. The standard InChI is InChI=1S/C18H26N2/c1-6-10-19-18-16(13(4)5)11-14-8-7-9-15(12(2)3)17(14)20-18/h7-9,11-13H,6,10H2,1-5H3,(H,19,20). The molecule has 1 N–H and O–H groups in total. The maximum absolute atomic E-state index is 4.94. The number of para-hydroxylation sites is 1. The highest BCUT2D eigenvalue weighted by Gasteiger charge is 2.13. The summed E-state index contributed by atoms with van der Waals surface area (Å²) in [6, 6.07) is 8.81. The number of nitrogens with zero attached hydrogens (tertiary/aromatic N) is 1. The zero-order valence-corrected chi connectivity index (χ0v) is 13.3. The summed E-state index contributed by atoms with van der Waals surface area (Å²) in [4.78, 5) is 4.94. The number of fused-ring (bicyclic) bond motifs is 1. The number of benzene rings is 1. The van der Waals surface area contributed by atoms with Gasteiger partial charge in [-0.3, -0.25) is 0 Å². The number of pyridine rings is 1. The van der Waals surface area contributed by atoms with Gasteiger partial charge >= 0.3 is 0 Å². The SMILES string of the molecule is CCCNc1nc2c(C(C)C)cccc2cc1C(C)C. The molecule has 0 saturated carbocycles. The molecule has 0 aliphatic heterocycles. The molecule has 2 heteroatoms. The summed E-state index contributed by atoms with van der Waals surface area (Å²) in [5, 5.41) is 4.74. The van der Waals surface area contributed by atoms with Crippen LogP contribution in [0.3, 0.4) is 0 Å². The van der Waals surface area contributed by atoms with Crippen LogP contribution in [0.25, 0.3) is 10.9 Å². The molecular formula is C18H26N2. The van der Waals surface area contributed by atoms with Crippen molar-refractivity contribution < 1.29 is 0 Å². The van der Waals surface area contributed by atoms with E-state index >= 15 is 0 Å². The van der Waals surface area contributed by atoms with E-state index in [1.807, 2.05) is 0 Å². The first kappa shape index (κ1) is 14.8. The molecule has 2 nitrogen and oxygen atoms in total. The van der Waals surface area contributed by atoms with Crippen LogP contribution in [0.4, 0.5) is 5.82 Å². The fourth-order valence-corrected chi connectivity index (χ4v) is 2.53. The van der Waals surface area contributed by atoms with Crippen molar-refractivity contribution >= 4 is 16.7 Å². The molecule has 108 valence electrons. The highest BCUT2D eigenvalue weighted by atomic mass is 15.0. The molecule has 1 heterocycles. The van der Waals surface area contributed by atoms with Gasteiger partial charge in [-0.05, 0) is 35.4 Å². The quantitative estimate of drug-likeness (QED) is 0.797. The first-order chi connectivity index (χ1) is 9.54. The number of hydrogen-bond donors (Lipinski definition) is 1. The van der Waals surface area contributed by atoms with E-state index in [4.69, 9.17) is 4.98 Å². The molecule has 0 atom stereocenters. The molecule has 1 aromatic carbocycles. The third kappa shape index (κ3) is 2.95. The van der Waals surface area contributed by atoms with E-state index < -0.39 is 0 Å². The lowest BCUT2D eigenvalue weighted by molar-refractivity contribution is 0.851. The fraction of sp³-hybridized carbons (Fsp3) is 0.500. The molecule has 0 radical (unpaired) electrons. The molecule has 0 aliphatic rings. The average molecular weight is 270 g/mol. The predicted molar refractivity (Wildman–Crippen MR) is 88.7 cm³/mol. The van der Waals surface area contributed by atoms with Crippen LogP contribution < -0.4 is 5.32 Å². The second-order valence-electron chi connectivity index (χ2n) is 6.08. The zero-order chi connectivity index (χ0) is 14.7. The van der Waals surface area contributed by atoms with Crippen molar-refractivity contribution in [2.24, 2.45) is 0 Å². The van der Waals surface area contributed by atoms with Gasteiger partial charge in [0.2, 0.25) is 0 Å². The molecule has 2 aromatic rings. The normalized spacial score (nSPS) is 11.6. The number of anilines is 1. The Hall–Kier alpha value is -1.57. The molecular weight excluding hydrogens is 244 g/mol. The number of nitrogens with one attached hydrogen (secondary N) is 1. The van der Waals surface area contributed by atoms with E-state index in [1.54, 1.807) is 0 Å². The van der Waals surface area contributed by atoms with Crippen molar-refractivity contribution in [1.29, 1.82) is 0 Å². The Balaban J connectivity index is 2.62. The van der Waals surface area contributed by atoms with Gasteiger partial charge in [-0.15, -0.1) is 0 Å². The van der Waals surface area contributed by atoms with E-state index in [1.165, 1.54) is 16.5 Å². The van der Waals surface area contributed by atoms with Crippen LogP contribution in [0.2, 0.25) is 0 Å². The lowest BCUT2D eigenvalue weighted by atomic mass is 9.96. The van der Waals surface area contributed by atoms with Crippen molar-refractivity contribution in [1.82, 2.24) is 4.98 Å². The first-order valence-corrected chi connectivity index (χ1v) is 7.72. The third-order valence-corrected chi connectivity index (χ3v) is 3.69. The Morgan fingerprint density at radius 1 is 1.05 bits per heavy atom. The number of aromatic nitrogens is 1. The van der Waals surface area contributed by atoms with Gasteiger partial charge in [0, 0.05) is 11.9 Å². The maximum atomic E-state index is 4.94. The van der Waals surface area contributed by atoms with Crippen LogP contribution in [-0.4, -0.2) is 11.5 Å². The topological polar surface area (TPSA) is 24.9 Å². The minimum absolute atomic E-state index is 0.481. The van der Waals surface area contributed by atoms with E-state index in [0.717, 1.165) is 24.3 Å². The molecule has 0 unspecified atom stereocenters. The smallest absolute Gasteiger partial charge is 0.130 e. The van der Waals surface area contributed by atoms with E-state index in [2.05, 4.69) is 64.2 Å². The molecule has 0 saturated heterocycles. The van der Waals surface area contributed by atoms with Gasteiger partial charge in [-0.1, -0.05) is 52.8 Å². The van der Waals surface area contributed by atoms with Crippen molar-refractivity contribution in [3.63, 3.8) is 0 Å². The van der Waals surface area contributed by atoms with Crippen molar-refractivity contribution in [3.05, 3.63) is 35.4 Å². The Bertz CT molecular complexity index is 585. The summed E-state index contributed by atoms with van der Waals surface area (Å²) >= 11 is 0. The zero-order valence-electron chi connectivity index (χ0n) is 13.3. The monoisotopic (exact) mass is 270 g/mol. The lowest BCUT2D eigenvalue weighted by Gasteiger charge is -2.17. The summed E-state index contributed by atoms with van der Waals surface area (Å²) in [7, 11) is 0. The van der Waals surface area contributed by atoms with Gasteiger partial charge in [0.15, 0.2) is 0 Å².